The van der Waals surface area contributed by atoms with Crippen molar-refractivity contribution in [2.75, 3.05) is 26.2 Å². The van der Waals surface area contributed by atoms with Crippen molar-refractivity contribution in [2.45, 2.75) is 6.04 Å². The highest BCUT2D eigenvalue weighted by atomic mass is 35.5. The van der Waals surface area contributed by atoms with E-state index in [0.717, 1.165) is 13.1 Å². The van der Waals surface area contributed by atoms with Gasteiger partial charge in [0, 0.05) is 16.7 Å². The van der Waals surface area contributed by atoms with Crippen LogP contribution in [0.2, 0.25) is 10.0 Å². The molecule has 1 aliphatic rings. The number of amides is 1. The molecule has 29 heavy (non-hydrogen) atoms. The topological polar surface area (TPSA) is 24.8 Å². The van der Waals surface area contributed by atoms with Crippen LogP contribution in [-0.4, -0.2) is 37.0 Å². The van der Waals surface area contributed by atoms with E-state index in [2.05, 4.69) is 60.7 Å². The first kappa shape index (κ1) is 20.0. The first-order chi connectivity index (χ1) is 14.1. The van der Waals surface area contributed by atoms with Crippen LogP contribution >= 0.6 is 23.2 Å². The molecule has 1 fully saturated rings. The maximum absolute atomic E-state index is 12.9. The summed E-state index contributed by atoms with van der Waals surface area (Å²) in [5, 5.41) is 0.876. The maximum Gasteiger partial charge on any atom is 0.254 e. The standard InChI is InChI=1S/C24H22Cl2N2O/c25-21-12-11-20(17-22(21)26)24(29)28-15-13-27(14-16-28)23(18-7-3-1-4-8-18)19-9-5-2-6-10-19/h1-12,17,23H,13-16H2/p+1. The van der Waals surface area contributed by atoms with Crippen LogP contribution in [-0.2, 0) is 0 Å². The Morgan fingerprint density at radius 3 is 1.86 bits per heavy atom. The normalized spacial score (nSPS) is 14.9. The third-order valence-electron chi connectivity index (χ3n) is 5.53. The first-order valence-electron chi connectivity index (χ1n) is 9.82. The molecule has 1 amide bonds. The molecule has 0 unspecified atom stereocenters. The number of hydrogen-bond acceptors (Lipinski definition) is 1. The van der Waals surface area contributed by atoms with Crippen LogP contribution in [0.15, 0.2) is 78.9 Å². The fourth-order valence-corrected chi connectivity index (χ4v) is 4.35. The molecule has 5 heteroatoms. The molecule has 148 valence electrons. The van der Waals surface area contributed by atoms with Crippen molar-refractivity contribution in [3.63, 3.8) is 0 Å². The number of rotatable bonds is 4. The average molecular weight is 426 g/mol. The fraction of sp³-hybridized carbons (Fsp3) is 0.208. The lowest BCUT2D eigenvalue weighted by Gasteiger charge is -2.37. The Hall–Kier alpha value is -2.33. The Kier molecular flexibility index (Phi) is 6.19. The van der Waals surface area contributed by atoms with Gasteiger partial charge in [0.25, 0.3) is 5.91 Å². The van der Waals surface area contributed by atoms with Crippen molar-refractivity contribution >= 4 is 29.1 Å². The second kappa shape index (κ2) is 9.00. The number of carbonyl (C=O) groups is 1. The molecule has 1 aliphatic heterocycles. The summed E-state index contributed by atoms with van der Waals surface area (Å²) in [5.41, 5.74) is 3.20. The summed E-state index contributed by atoms with van der Waals surface area (Å²) in [7, 11) is 0. The van der Waals surface area contributed by atoms with Crippen molar-refractivity contribution in [3.05, 3.63) is 106 Å². The van der Waals surface area contributed by atoms with Gasteiger partial charge in [0.1, 0.15) is 6.04 Å². The van der Waals surface area contributed by atoms with Crippen molar-refractivity contribution in [1.29, 1.82) is 0 Å². The zero-order valence-corrected chi connectivity index (χ0v) is 17.5. The van der Waals surface area contributed by atoms with Crippen LogP contribution in [0.25, 0.3) is 0 Å². The zero-order valence-electron chi connectivity index (χ0n) is 16.0. The third kappa shape index (κ3) is 4.48. The Labute approximate surface area is 181 Å². The lowest BCUT2D eigenvalue weighted by molar-refractivity contribution is -0.929. The summed E-state index contributed by atoms with van der Waals surface area (Å²) in [4.78, 5) is 16.3. The van der Waals surface area contributed by atoms with Gasteiger partial charge in [-0.3, -0.25) is 4.79 Å². The number of benzene rings is 3. The van der Waals surface area contributed by atoms with Crippen LogP contribution in [0.5, 0.6) is 0 Å². The van der Waals surface area contributed by atoms with Crippen molar-refractivity contribution in [2.24, 2.45) is 0 Å². The summed E-state index contributed by atoms with van der Waals surface area (Å²) in [6.45, 7) is 3.21. The molecule has 1 N–H and O–H groups in total. The van der Waals surface area contributed by atoms with E-state index in [9.17, 15) is 4.79 Å². The minimum atomic E-state index is 0.0126. The molecular formula is C24H23Cl2N2O+. The minimum absolute atomic E-state index is 0.0126. The highest BCUT2D eigenvalue weighted by Gasteiger charge is 2.31. The van der Waals surface area contributed by atoms with Crippen LogP contribution in [0, 0.1) is 0 Å². The Bertz CT molecular complexity index is 931. The molecule has 3 aromatic carbocycles. The fourth-order valence-electron chi connectivity index (χ4n) is 4.05. The highest BCUT2D eigenvalue weighted by molar-refractivity contribution is 6.42. The van der Waals surface area contributed by atoms with E-state index in [-0.39, 0.29) is 11.9 Å². The number of halogens is 2. The second-order valence-electron chi connectivity index (χ2n) is 7.33. The maximum atomic E-state index is 12.9. The SMILES string of the molecule is O=C(c1ccc(Cl)c(Cl)c1)N1CC[NH+](C(c2ccccc2)c2ccccc2)CC1. The lowest BCUT2D eigenvalue weighted by Crippen LogP contribution is -3.15. The minimum Gasteiger partial charge on any atom is -0.327 e. The Morgan fingerprint density at radius 1 is 0.793 bits per heavy atom. The van der Waals surface area contributed by atoms with Gasteiger partial charge < -0.3 is 9.80 Å². The molecule has 3 aromatic rings. The van der Waals surface area contributed by atoms with E-state index in [1.807, 2.05) is 4.90 Å². The smallest absolute Gasteiger partial charge is 0.254 e. The van der Waals surface area contributed by atoms with Gasteiger partial charge in [-0.1, -0.05) is 83.9 Å². The van der Waals surface area contributed by atoms with Crippen LogP contribution < -0.4 is 4.90 Å². The quantitative estimate of drug-likeness (QED) is 0.667. The monoisotopic (exact) mass is 425 g/mol. The predicted molar refractivity (Wildman–Crippen MR) is 118 cm³/mol. The van der Waals surface area contributed by atoms with Crippen molar-refractivity contribution < 1.29 is 9.69 Å². The summed E-state index contributed by atoms with van der Waals surface area (Å²) in [6.07, 6.45) is 0. The van der Waals surface area contributed by atoms with Crippen LogP contribution in [0.1, 0.15) is 27.5 Å². The molecule has 3 nitrogen and oxygen atoms in total. The molecule has 1 heterocycles. The van der Waals surface area contributed by atoms with E-state index in [1.54, 1.807) is 18.2 Å². The van der Waals surface area contributed by atoms with Gasteiger partial charge in [0.05, 0.1) is 36.2 Å². The molecule has 1 saturated heterocycles. The van der Waals surface area contributed by atoms with Gasteiger partial charge in [-0.05, 0) is 18.2 Å². The number of nitrogens with zero attached hydrogens (tertiary/aromatic N) is 1. The van der Waals surface area contributed by atoms with Gasteiger partial charge >= 0.3 is 0 Å². The summed E-state index contributed by atoms with van der Waals surface area (Å²) < 4.78 is 0. The molecule has 0 saturated carbocycles. The zero-order chi connectivity index (χ0) is 20.2. The van der Waals surface area contributed by atoms with E-state index in [4.69, 9.17) is 23.2 Å². The van der Waals surface area contributed by atoms with Crippen molar-refractivity contribution in [3.8, 4) is 0 Å². The van der Waals surface area contributed by atoms with Gasteiger partial charge in [0.2, 0.25) is 0 Å². The van der Waals surface area contributed by atoms with Crippen LogP contribution in [0.4, 0.5) is 0 Å². The van der Waals surface area contributed by atoms with Gasteiger partial charge in [0.15, 0.2) is 0 Å². The molecule has 4 rings (SSSR count). The number of carbonyl (C=O) groups excluding carboxylic acids is 1. The lowest BCUT2D eigenvalue weighted by atomic mass is 9.96. The number of hydrogen-bond donors (Lipinski definition) is 1. The number of quaternary nitrogens is 1. The first-order valence-corrected chi connectivity index (χ1v) is 10.6. The number of nitrogens with one attached hydrogen (secondary N) is 1. The van der Waals surface area contributed by atoms with Crippen LogP contribution in [0.3, 0.4) is 0 Å². The molecule has 0 spiro atoms. The highest BCUT2D eigenvalue weighted by Crippen LogP contribution is 2.24. The Balaban J connectivity index is 1.51. The van der Waals surface area contributed by atoms with Crippen molar-refractivity contribution in [1.82, 2.24) is 4.90 Å². The Morgan fingerprint density at radius 2 is 1.34 bits per heavy atom. The largest absolute Gasteiger partial charge is 0.327 e. The average Bonchev–Trinajstić information content (AvgIpc) is 2.77. The van der Waals surface area contributed by atoms with Gasteiger partial charge in [-0.15, -0.1) is 0 Å². The van der Waals surface area contributed by atoms with E-state index < -0.39 is 0 Å². The molecule has 0 atom stereocenters. The van der Waals surface area contributed by atoms with Gasteiger partial charge in [-0.25, -0.2) is 0 Å². The van der Waals surface area contributed by atoms with E-state index in [1.165, 1.54) is 16.0 Å². The molecule has 0 aliphatic carbocycles. The number of piperazine rings is 1. The molecule has 0 bridgehead atoms. The predicted octanol–water partition coefficient (Wildman–Crippen LogP) is 4.12. The third-order valence-corrected chi connectivity index (χ3v) is 6.27. The molecular weight excluding hydrogens is 403 g/mol. The molecule has 0 aromatic heterocycles. The van der Waals surface area contributed by atoms with E-state index >= 15 is 0 Å². The van der Waals surface area contributed by atoms with E-state index in [0.29, 0.717) is 28.7 Å². The molecule has 0 radical (unpaired) electrons. The summed E-state index contributed by atoms with van der Waals surface area (Å²) in [6, 6.07) is 26.6. The summed E-state index contributed by atoms with van der Waals surface area (Å²) >= 11 is 12.1. The second-order valence-corrected chi connectivity index (χ2v) is 8.15. The summed E-state index contributed by atoms with van der Waals surface area (Å²) in [5.74, 6) is 0.0126. The van der Waals surface area contributed by atoms with Gasteiger partial charge in [-0.2, -0.15) is 0 Å².